The summed E-state index contributed by atoms with van der Waals surface area (Å²) in [6.45, 7) is 8.23. The summed E-state index contributed by atoms with van der Waals surface area (Å²) in [5, 5.41) is 24.0. The molecule has 9 nitrogen and oxygen atoms in total. The second-order valence-corrected chi connectivity index (χ2v) is 10.7. The summed E-state index contributed by atoms with van der Waals surface area (Å²) in [4.78, 5) is 25.7. The molecule has 1 heterocycles. The summed E-state index contributed by atoms with van der Waals surface area (Å²) >= 11 is 7.48. The lowest BCUT2D eigenvalue weighted by atomic mass is 10.0. The number of amides is 2. The first-order valence-electron chi connectivity index (χ1n) is 12.9. The number of anilines is 1. The fourth-order valence-corrected chi connectivity index (χ4v) is 4.86. The van der Waals surface area contributed by atoms with Crippen LogP contribution in [-0.4, -0.2) is 32.3 Å². The van der Waals surface area contributed by atoms with Gasteiger partial charge in [-0.2, -0.15) is 10.2 Å². The molecule has 11 heteroatoms. The SMILES string of the molecule is C=CCn1c(SCC(=O)Nc2ccc(N=Nc3ccccc3)cc2)nnc1[C@H](NC(=O)c1ccccc1Cl)C(C)C. The highest BCUT2D eigenvalue weighted by atomic mass is 35.5. The Morgan fingerprint density at radius 1 is 0.976 bits per heavy atom. The van der Waals surface area contributed by atoms with Crippen LogP contribution in [0.4, 0.5) is 17.1 Å². The number of thioether (sulfide) groups is 1. The molecule has 41 heavy (non-hydrogen) atoms. The molecule has 4 rings (SSSR count). The van der Waals surface area contributed by atoms with Gasteiger partial charge in [0.15, 0.2) is 11.0 Å². The maximum atomic E-state index is 13.0. The number of nitrogens with one attached hydrogen (secondary N) is 2. The number of azo groups is 1. The van der Waals surface area contributed by atoms with E-state index in [0.717, 1.165) is 5.69 Å². The molecule has 0 spiro atoms. The molecule has 2 N–H and O–H groups in total. The summed E-state index contributed by atoms with van der Waals surface area (Å²) in [5.41, 5.74) is 2.46. The summed E-state index contributed by atoms with van der Waals surface area (Å²) < 4.78 is 1.86. The van der Waals surface area contributed by atoms with E-state index in [2.05, 4.69) is 37.6 Å². The molecule has 0 aliphatic rings. The van der Waals surface area contributed by atoms with E-state index in [-0.39, 0.29) is 23.5 Å². The lowest BCUT2D eigenvalue weighted by Gasteiger charge is -2.23. The maximum Gasteiger partial charge on any atom is 0.253 e. The third-order valence-electron chi connectivity index (χ3n) is 5.93. The van der Waals surface area contributed by atoms with Gasteiger partial charge in [0.25, 0.3) is 5.91 Å². The molecule has 0 unspecified atom stereocenters. The van der Waals surface area contributed by atoms with Gasteiger partial charge in [0, 0.05) is 12.2 Å². The van der Waals surface area contributed by atoms with Gasteiger partial charge in [-0.3, -0.25) is 9.59 Å². The van der Waals surface area contributed by atoms with E-state index in [9.17, 15) is 9.59 Å². The molecular weight excluding hydrogens is 558 g/mol. The van der Waals surface area contributed by atoms with E-state index >= 15 is 0 Å². The first-order valence-corrected chi connectivity index (χ1v) is 14.3. The van der Waals surface area contributed by atoms with Crippen molar-refractivity contribution in [3.8, 4) is 0 Å². The smallest absolute Gasteiger partial charge is 0.253 e. The second kappa shape index (κ2) is 14.4. The Balaban J connectivity index is 1.40. The van der Waals surface area contributed by atoms with Crippen LogP contribution in [0.3, 0.4) is 0 Å². The van der Waals surface area contributed by atoms with Crippen molar-refractivity contribution in [3.05, 3.63) is 108 Å². The Bertz CT molecular complexity index is 1520. The normalized spacial score (nSPS) is 11.9. The zero-order valence-corrected chi connectivity index (χ0v) is 24.3. The largest absolute Gasteiger partial charge is 0.342 e. The topological polar surface area (TPSA) is 114 Å². The highest BCUT2D eigenvalue weighted by molar-refractivity contribution is 7.99. The Morgan fingerprint density at radius 2 is 1.63 bits per heavy atom. The molecule has 210 valence electrons. The number of hydrogen-bond acceptors (Lipinski definition) is 7. The Hall–Kier alpha value is -4.28. The van der Waals surface area contributed by atoms with E-state index in [1.165, 1.54) is 11.8 Å². The van der Waals surface area contributed by atoms with Crippen molar-refractivity contribution in [2.45, 2.75) is 31.6 Å². The zero-order chi connectivity index (χ0) is 29.2. The molecule has 0 aliphatic carbocycles. The van der Waals surface area contributed by atoms with Crippen LogP contribution in [0.25, 0.3) is 0 Å². The van der Waals surface area contributed by atoms with Crippen molar-refractivity contribution in [3.63, 3.8) is 0 Å². The summed E-state index contributed by atoms with van der Waals surface area (Å²) in [7, 11) is 0. The average Bonchev–Trinajstić information content (AvgIpc) is 3.37. The third kappa shape index (κ3) is 8.12. The molecule has 1 atom stereocenters. The number of allylic oxidation sites excluding steroid dienone is 1. The predicted molar refractivity (Wildman–Crippen MR) is 163 cm³/mol. The maximum absolute atomic E-state index is 13.0. The van der Waals surface area contributed by atoms with Crippen molar-refractivity contribution in [2.75, 3.05) is 11.1 Å². The number of carbonyl (C=O) groups is 2. The van der Waals surface area contributed by atoms with Gasteiger partial charge in [-0.25, -0.2) is 0 Å². The first kappa shape index (κ1) is 29.7. The summed E-state index contributed by atoms with van der Waals surface area (Å²) in [5.74, 6) is 0.191. The van der Waals surface area contributed by atoms with Gasteiger partial charge >= 0.3 is 0 Å². The molecule has 0 aliphatic heterocycles. The molecule has 0 fully saturated rings. The van der Waals surface area contributed by atoms with Gasteiger partial charge in [0.2, 0.25) is 5.91 Å². The monoisotopic (exact) mass is 587 g/mol. The number of nitrogens with zero attached hydrogens (tertiary/aromatic N) is 5. The minimum Gasteiger partial charge on any atom is -0.342 e. The minimum absolute atomic E-state index is 0.00514. The van der Waals surface area contributed by atoms with E-state index < -0.39 is 6.04 Å². The van der Waals surface area contributed by atoms with Gasteiger partial charge in [-0.05, 0) is 54.4 Å². The van der Waals surface area contributed by atoms with E-state index in [1.54, 1.807) is 54.6 Å². The number of aromatic nitrogens is 3. The lowest BCUT2D eigenvalue weighted by Crippen LogP contribution is -2.34. The fourth-order valence-electron chi connectivity index (χ4n) is 3.88. The minimum atomic E-state index is -0.438. The van der Waals surface area contributed by atoms with Crippen molar-refractivity contribution in [1.29, 1.82) is 0 Å². The van der Waals surface area contributed by atoms with Crippen LogP contribution < -0.4 is 10.6 Å². The summed E-state index contributed by atoms with van der Waals surface area (Å²) in [6, 6.07) is 23.0. The van der Waals surface area contributed by atoms with Crippen LogP contribution in [0.15, 0.2) is 107 Å². The molecule has 0 radical (unpaired) electrons. The highest BCUT2D eigenvalue weighted by Gasteiger charge is 2.27. The van der Waals surface area contributed by atoms with Crippen molar-refractivity contribution in [1.82, 2.24) is 20.1 Å². The first-order chi connectivity index (χ1) is 19.9. The fraction of sp³-hybridized carbons (Fsp3) is 0.200. The van der Waals surface area contributed by atoms with E-state index in [4.69, 9.17) is 11.6 Å². The third-order valence-corrected chi connectivity index (χ3v) is 7.22. The summed E-state index contributed by atoms with van der Waals surface area (Å²) in [6.07, 6.45) is 1.72. The van der Waals surface area contributed by atoms with Gasteiger partial charge in [0.1, 0.15) is 0 Å². The number of halogens is 1. The van der Waals surface area contributed by atoms with Gasteiger partial charge in [-0.15, -0.1) is 16.8 Å². The van der Waals surface area contributed by atoms with Crippen molar-refractivity contribution >= 4 is 52.2 Å². The number of rotatable bonds is 12. The van der Waals surface area contributed by atoms with Crippen molar-refractivity contribution < 1.29 is 9.59 Å². The molecular formula is C30H30ClN7O2S. The predicted octanol–water partition coefficient (Wildman–Crippen LogP) is 7.39. The zero-order valence-electron chi connectivity index (χ0n) is 22.7. The van der Waals surface area contributed by atoms with Crippen LogP contribution in [0, 0.1) is 5.92 Å². The van der Waals surface area contributed by atoms with Crippen LogP contribution in [0.5, 0.6) is 0 Å². The standard InChI is InChI=1S/C30H30ClN7O2S/c1-4-18-38-28(27(20(2)3)33-29(40)24-12-8-9-13-25(24)31)36-37-30(38)41-19-26(39)32-21-14-16-23(17-15-21)35-34-22-10-6-5-7-11-22/h4-17,20,27H,1,18-19H2,2-3H3,(H,32,39)(H,33,40)/t27-/m1/s1. The molecule has 0 saturated carbocycles. The average molecular weight is 588 g/mol. The van der Waals surface area contributed by atoms with Crippen LogP contribution in [0.2, 0.25) is 5.02 Å². The van der Waals surface area contributed by atoms with Gasteiger partial charge in [0.05, 0.1) is 33.8 Å². The van der Waals surface area contributed by atoms with Gasteiger partial charge in [-0.1, -0.05) is 73.6 Å². The highest BCUT2D eigenvalue weighted by Crippen LogP contribution is 2.27. The quantitative estimate of drug-likeness (QED) is 0.102. The number of carbonyl (C=O) groups excluding carboxylic acids is 2. The van der Waals surface area contributed by atoms with Gasteiger partial charge < -0.3 is 15.2 Å². The molecule has 4 aromatic rings. The number of benzene rings is 3. The molecule has 1 aromatic heterocycles. The Kier molecular flexibility index (Phi) is 10.4. The molecule has 3 aromatic carbocycles. The number of hydrogen-bond donors (Lipinski definition) is 2. The van der Waals surface area contributed by atoms with Crippen molar-refractivity contribution in [2.24, 2.45) is 16.1 Å². The molecule has 0 bridgehead atoms. The molecule has 2 amide bonds. The van der Waals surface area contributed by atoms with Crippen LogP contribution in [0.1, 0.15) is 36.1 Å². The van der Waals surface area contributed by atoms with Crippen LogP contribution >= 0.6 is 23.4 Å². The molecule has 0 saturated heterocycles. The Labute approximate surface area is 248 Å². The second-order valence-electron chi connectivity index (χ2n) is 9.33. The van der Waals surface area contributed by atoms with E-state index in [1.807, 2.05) is 48.7 Å². The van der Waals surface area contributed by atoms with Crippen LogP contribution in [-0.2, 0) is 11.3 Å². The Morgan fingerprint density at radius 3 is 2.29 bits per heavy atom. The van der Waals surface area contributed by atoms with E-state index in [0.29, 0.717) is 39.5 Å². The lowest BCUT2D eigenvalue weighted by molar-refractivity contribution is -0.113.